The van der Waals surface area contributed by atoms with Gasteiger partial charge in [0, 0.05) is 37.0 Å². The molecule has 1 aliphatic heterocycles. The van der Waals surface area contributed by atoms with Crippen molar-refractivity contribution < 1.29 is 5.11 Å². The minimum absolute atomic E-state index is 0.0389. The molecule has 3 rings (SSSR count). The largest absolute Gasteiger partial charge is 0.396 e. The first-order valence-electron chi connectivity index (χ1n) is 6.75. The zero-order valence-electron chi connectivity index (χ0n) is 10.8. The third-order valence-corrected chi connectivity index (χ3v) is 3.99. The van der Waals surface area contributed by atoms with Crippen molar-refractivity contribution in [3.8, 4) is 0 Å². The van der Waals surface area contributed by atoms with E-state index < -0.39 is 0 Å². The summed E-state index contributed by atoms with van der Waals surface area (Å²) >= 11 is 0. The molecular formula is C15H18N2O2. The fourth-order valence-corrected chi connectivity index (χ4v) is 2.75. The van der Waals surface area contributed by atoms with Crippen LogP contribution >= 0.6 is 0 Å². The average Bonchev–Trinajstić information content (AvgIpc) is 2.47. The number of hydrogen-bond acceptors (Lipinski definition) is 3. The van der Waals surface area contributed by atoms with Crippen LogP contribution in [0.25, 0.3) is 10.8 Å². The van der Waals surface area contributed by atoms with Crippen LogP contribution in [0.5, 0.6) is 0 Å². The first-order chi connectivity index (χ1) is 9.28. The molecule has 1 saturated heterocycles. The van der Waals surface area contributed by atoms with Crippen LogP contribution in [0.15, 0.2) is 35.3 Å². The fourth-order valence-electron chi connectivity index (χ4n) is 2.75. The van der Waals surface area contributed by atoms with E-state index in [9.17, 15) is 4.79 Å². The van der Waals surface area contributed by atoms with Gasteiger partial charge in [0.1, 0.15) is 0 Å². The number of aliphatic hydroxyl groups is 1. The molecule has 0 bridgehead atoms. The Morgan fingerprint density at radius 2 is 2.05 bits per heavy atom. The van der Waals surface area contributed by atoms with Gasteiger partial charge in [0.25, 0.3) is 5.56 Å². The van der Waals surface area contributed by atoms with Crippen LogP contribution in [0.3, 0.4) is 0 Å². The number of nitrogens with zero attached hydrogens (tertiary/aromatic N) is 1. The molecule has 0 aliphatic carbocycles. The lowest BCUT2D eigenvalue weighted by Crippen LogP contribution is -2.34. The highest BCUT2D eigenvalue weighted by molar-refractivity contribution is 5.84. The van der Waals surface area contributed by atoms with Crippen LogP contribution in [0.4, 0.5) is 5.69 Å². The smallest absolute Gasteiger partial charge is 0.255 e. The molecule has 1 aromatic carbocycles. The Bertz CT molecular complexity index is 627. The molecule has 0 atom stereocenters. The zero-order chi connectivity index (χ0) is 13.2. The number of hydrogen-bond donors (Lipinski definition) is 2. The second-order valence-corrected chi connectivity index (χ2v) is 5.19. The highest BCUT2D eigenvalue weighted by atomic mass is 16.3. The maximum atomic E-state index is 11.7. The van der Waals surface area contributed by atoms with E-state index in [1.54, 1.807) is 6.20 Å². The molecule has 0 amide bonds. The molecule has 4 nitrogen and oxygen atoms in total. The predicted octanol–water partition coefficient (Wildman–Crippen LogP) is 1.74. The molecular weight excluding hydrogens is 240 g/mol. The summed E-state index contributed by atoms with van der Waals surface area (Å²) in [7, 11) is 0. The third kappa shape index (κ3) is 2.36. The monoisotopic (exact) mass is 258 g/mol. The summed E-state index contributed by atoms with van der Waals surface area (Å²) in [5.41, 5.74) is 1.12. The highest BCUT2D eigenvalue weighted by Gasteiger charge is 2.18. The van der Waals surface area contributed by atoms with Crippen LogP contribution in [-0.2, 0) is 0 Å². The van der Waals surface area contributed by atoms with Crippen molar-refractivity contribution in [2.45, 2.75) is 12.8 Å². The Hall–Kier alpha value is -1.81. The van der Waals surface area contributed by atoms with Gasteiger partial charge in [0.2, 0.25) is 0 Å². The molecule has 2 N–H and O–H groups in total. The summed E-state index contributed by atoms with van der Waals surface area (Å²) in [6.07, 6.45) is 3.75. The van der Waals surface area contributed by atoms with Crippen molar-refractivity contribution in [1.29, 1.82) is 0 Å². The summed E-state index contributed by atoms with van der Waals surface area (Å²) in [6, 6.07) is 7.91. The maximum absolute atomic E-state index is 11.7. The van der Waals surface area contributed by atoms with Crippen molar-refractivity contribution in [1.82, 2.24) is 4.98 Å². The summed E-state index contributed by atoms with van der Waals surface area (Å²) in [4.78, 5) is 16.7. The number of rotatable bonds is 2. The number of H-pyrrole nitrogens is 1. The van der Waals surface area contributed by atoms with Crippen LogP contribution < -0.4 is 10.5 Å². The number of nitrogens with one attached hydrogen (secondary N) is 1. The molecule has 4 heteroatoms. The van der Waals surface area contributed by atoms with E-state index in [1.807, 2.05) is 18.2 Å². The zero-order valence-corrected chi connectivity index (χ0v) is 10.8. The Labute approximate surface area is 111 Å². The molecule has 1 aromatic heterocycles. The van der Waals surface area contributed by atoms with E-state index in [-0.39, 0.29) is 5.56 Å². The third-order valence-electron chi connectivity index (χ3n) is 3.99. The minimum atomic E-state index is -0.0389. The predicted molar refractivity (Wildman–Crippen MR) is 76.6 cm³/mol. The molecule has 1 aliphatic rings. The van der Waals surface area contributed by atoms with Gasteiger partial charge in [0.15, 0.2) is 0 Å². The molecule has 2 heterocycles. The molecule has 0 unspecified atom stereocenters. The van der Waals surface area contributed by atoms with E-state index >= 15 is 0 Å². The number of fused-ring (bicyclic) bond motifs is 1. The summed E-state index contributed by atoms with van der Waals surface area (Å²) in [6.45, 7) is 2.24. The first kappa shape index (κ1) is 12.2. The number of anilines is 1. The number of aromatic amines is 1. The van der Waals surface area contributed by atoms with Crippen LogP contribution in [0, 0.1) is 5.92 Å². The van der Waals surface area contributed by atoms with Crippen LogP contribution in [0.2, 0.25) is 0 Å². The fraction of sp³-hybridized carbons (Fsp3) is 0.400. The lowest BCUT2D eigenvalue weighted by Gasteiger charge is -2.33. The summed E-state index contributed by atoms with van der Waals surface area (Å²) in [5, 5.41) is 10.9. The van der Waals surface area contributed by atoms with Crippen LogP contribution in [-0.4, -0.2) is 29.8 Å². The Balaban J connectivity index is 1.88. The Morgan fingerprint density at radius 3 is 2.79 bits per heavy atom. The van der Waals surface area contributed by atoms with Crippen molar-refractivity contribution in [2.75, 3.05) is 24.6 Å². The maximum Gasteiger partial charge on any atom is 0.255 e. The quantitative estimate of drug-likeness (QED) is 0.862. The summed E-state index contributed by atoms with van der Waals surface area (Å²) in [5.74, 6) is 0.444. The first-order valence-corrected chi connectivity index (χ1v) is 6.75. The van der Waals surface area contributed by atoms with E-state index in [1.165, 1.54) is 0 Å². The molecule has 19 heavy (non-hydrogen) atoms. The summed E-state index contributed by atoms with van der Waals surface area (Å²) < 4.78 is 0. The number of benzene rings is 1. The highest BCUT2D eigenvalue weighted by Crippen LogP contribution is 2.25. The van der Waals surface area contributed by atoms with E-state index in [2.05, 4.69) is 16.0 Å². The molecule has 100 valence electrons. The van der Waals surface area contributed by atoms with E-state index in [0.29, 0.717) is 12.5 Å². The topological polar surface area (TPSA) is 56.3 Å². The molecule has 1 fully saturated rings. The Morgan fingerprint density at radius 1 is 1.26 bits per heavy atom. The standard InChI is InChI=1S/C15H18N2O2/c18-10-11-4-7-17(8-5-11)13-1-2-14-12(9-13)3-6-16-15(14)19/h1-3,6,9,11,18H,4-5,7-8,10H2,(H,16,19). The normalized spacial score (nSPS) is 17.0. The van der Waals surface area contributed by atoms with Crippen molar-refractivity contribution in [3.05, 3.63) is 40.8 Å². The molecule has 0 radical (unpaired) electrons. The van der Waals surface area contributed by atoms with E-state index in [0.717, 1.165) is 42.4 Å². The second-order valence-electron chi connectivity index (χ2n) is 5.19. The van der Waals surface area contributed by atoms with Crippen LogP contribution in [0.1, 0.15) is 12.8 Å². The average molecular weight is 258 g/mol. The van der Waals surface area contributed by atoms with Gasteiger partial charge in [0.05, 0.1) is 0 Å². The number of aromatic nitrogens is 1. The van der Waals surface area contributed by atoms with Gasteiger partial charge < -0.3 is 15.0 Å². The van der Waals surface area contributed by atoms with Crippen molar-refractivity contribution in [3.63, 3.8) is 0 Å². The van der Waals surface area contributed by atoms with Crippen molar-refractivity contribution in [2.24, 2.45) is 5.92 Å². The molecule has 0 spiro atoms. The van der Waals surface area contributed by atoms with Gasteiger partial charge in [-0.25, -0.2) is 0 Å². The van der Waals surface area contributed by atoms with Gasteiger partial charge in [-0.1, -0.05) is 0 Å². The molecule has 0 saturated carbocycles. The molecule has 2 aromatic rings. The Kier molecular flexibility index (Phi) is 3.25. The number of pyridine rings is 1. The SMILES string of the molecule is O=c1[nH]ccc2cc(N3CCC(CO)CC3)ccc12. The van der Waals surface area contributed by atoms with Gasteiger partial charge in [-0.15, -0.1) is 0 Å². The number of aliphatic hydroxyl groups excluding tert-OH is 1. The minimum Gasteiger partial charge on any atom is -0.396 e. The lowest BCUT2D eigenvalue weighted by molar-refractivity contribution is 0.203. The van der Waals surface area contributed by atoms with E-state index in [4.69, 9.17) is 5.11 Å². The second kappa shape index (κ2) is 5.05. The lowest BCUT2D eigenvalue weighted by atomic mass is 9.97. The van der Waals surface area contributed by atoms with Gasteiger partial charge >= 0.3 is 0 Å². The number of piperidine rings is 1. The van der Waals surface area contributed by atoms with Gasteiger partial charge in [-0.2, -0.15) is 0 Å². The van der Waals surface area contributed by atoms with Gasteiger partial charge in [-0.3, -0.25) is 4.79 Å². The van der Waals surface area contributed by atoms with Crippen molar-refractivity contribution >= 4 is 16.5 Å². The van der Waals surface area contributed by atoms with Gasteiger partial charge in [-0.05, 0) is 48.4 Å².